The maximum Gasteiger partial charge on any atom is 0.408 e. The molecule has 0 bridgehead atoms. The molecule has 1 atom stereocenters. The van der Waals surface area contributed by atoms with Crippen molar-refractivity contribution in [3.05, 3.63) is 35.2 Å². The predicted molar refractivity (Wildman–Crippen MR) is 139 cm³/mol. The SMILES string of the molecule is CC1CCC(Cn2c(N3CCCC3C(F)(F)F)nc3cc(C4=NNNN4)nc(-c4cncc(Cl)c4)c32)CC1. The number of hydrazone groups is 1. The molecular formula is C25H29ClF3N9. The van der Waals surface area contributed by atoms with Crippen LogP contribution in [0.1, 0.15) is 51.1 Å². The number of hydrogen-bond donors (Lipinski definition) is 3. The summed E-state index contributed by atoms with van der Waals surface area (Å²) >= 11 is 6.30. The van der Waals surface area contributed by atoms with Crippen LogP contribution in [-0.2, 0) is 6.54 Å². The molecule has 0 aromatic carbocycles. The fourth-order valence-electron chi connectivity index (χ4n) is 5.84. The Morgan fingerprint density at radius 3 is 2.61 bits per heavy atom. The van der Waals surface area contributed by atoms with Crippen LogP contribution in [0, 0.1) is 11.8 Å². The first kappa shape index (κ1) is 25.2. The molecule has 3 N–H and O–H groups in total. The van der Waals surface area contributed by atoms with Gasteiger partial charge in [-0.3, -0.25) is 10.4 Å². The van der Waals surface area contributed by atoms with Crippen LogP contribution >= 0.6 is 11.6 Å². The summed E-state index contributed by atoms with van der Waals surface area (Å²) < 4.78 is 44.2. The maximum absolute atomic E-state index is 14.1. The first-order valence-corrected chi connectivity index (χ1v) is 13.4. The van der Waals surface area contributed by atoms with Gasteiger partial charge in [-0.2, -0.15) is 13.2 Å². The number of amidine groups is 1. The smallest absolute Gasteiger partial charge is 0.330 e. The van der Waals surface area contributed by atoms with Crippen LogP contribution in [0.3, 0.4) is 0 Å². The Morgan fingerprint density at radius 2 is 1.89 bits per heavy atom. The van der Waals surface area contributed by atoms with Crippen molar-refractivity contribution in [2.45, 2.75) is 64.2 Å². The number of pyridine rings is 2. The van der Waals surface area contributed by atoms with Gasteiger partial charge in [-0.25, -0.2) is 15.5 Å². The lowest BCUT2D eigenvalue weighted by atomic mass is 9.83. The van der Waals surface area contributed by atoms with Crippen molar-refractivity contribution in [2.75, 3.05) is 11.4 Å². The Hall–Kier alpha value is -3.12. The van der Waals surface area contributed by atoms with Crippen LogP contribution < -0.4 is 21.4 Å². The zero-order chi connectivity index (χ0) is 26.4. The minimum Gasteiger partial charge on any atom is -0.330 e. The number of halogens is 4. The number of anilines is 1. The van der Waals surface area contributed by atoms with Crippen molar-refractivity contribution in [1.29, 1.82) is 0 Å². The summed E-state index contributed by atoms with van der Waals surface area (Å²) in [5.41, 5.74) is 11.1. The second kappa shape index (κ2) is 9.88. The molecule has 2 aliphatic heterocycles. The molecule has 2 fully saturated rings. The summed E-state index contributed by atoms with van der Waals surface area (Å²) in [4.78, 5) is 15.4. The first-order valence-electron chi connectivity index (χ1n) is 13.0. The van der Waals surface area contributed by atoms with E-state index < -0.39 is 12.2 Å². The third kappa shape index (κ3) is 4.75. The second-order valence-electron chi connectivity index (χ2n) is 10.5. The summed E-state index contributed by atoms with van der Waals surface area (Å²) in [6, 6.07) is 1.95. The highest BCUT2D eigenvalue weighted by Crippen LogP contribution is 2.40. The minimum atomic E-state index is -4.34. The molecule has 5 heterocycles. The lowest BCUT2D eigenvalue weighted by Gasteiger charge is -2.31. The number of hydrazine groups is 2. The van der Waals surface area contributed by atoms with Crippen LogP contribution in [0.5, 0.6) is 0 Å². The molecule has 3 aliphatic rings. The highest BCUT2D eigenvalue weighted by molar-refractivity contribution is 6.30. The van der Waals surface area contributed by atoms with Crippen molar-refractivity contribution in [3.63, 3.8) is 0 Å². The second-order valence-corrected chi connectivity index (χ2v) is 10.9. The van der Waals surface area contributed by atoms with Gasteiger partial charge in [0.05, 0.1) is 21.7 Å². The molecule has 1 unspecified atom stereocenters. The Labute approximate surface area is 222 Å². The third-order valence-electron chi connectivity index (χ3n) is 7.79. The van der Waals surface area contributed by atoms with Gasteiger partial charge in [-0.15, -0.1) is 10.6 Å². The number of fused-ring (bicyclic) bond motifs is 1. The molecular weight excluding hydrogens is 519 g/mol. The van der Waals surface area contributed by atoms with Gasteiger partial charge in [0, 0.05) is 31.0 Å². The highest BCUT2D eigenvalue weighted by Gasteiger charge is 2.47. The molecule has 6 rings (SSSR count). The summed E-state index contributed by atoms with van der Waals surface area (Å²) in [6.07, 6.45) is 3.64. The predicted octanol–water partition coefficient (Wildman–Crippen LogP) is 4.78. The van der Waals surface area contributed by atoms with Crippen LogP contribution in [0.25, 0.3) is 22.3 Å². The Bertz CT molecular complexity index is 1360. The molecule has 0 amide bonds. The van der Waals surface area contributed by atoms with Gasteiger partial charge in [0.1, 0.15) is 11.7 Å². The topological polar surface area (TPSA) is 95.3 Å². The van der Waals surface area contributed by atoms with Crippen LogP contribution in [0.15, 0.2) is 29.6 Å². The number of aromatic nitrogens is 4. The molecule has 9 nitrogen and oxygen atoms in total. The van der Waals surface area contributed by atoms with Gasteiger partial charge in [-0.05, 0) is 49.7 Å². The quantitative estimate of drug-likeness (QED) is 0.423. The van der Waals surface area contributed by atoms with E-state index in [1.54, 1.807) is 18.3 Å². The van der Waals surface area contributed by atoms with E-state index in [4.69, 9.17) is 21.6 Å². The lowest BCUT2D eigenvalue weighted by molar-refractivity contribution is -0.146. The van der Waals surface area contributed by atoms with Crippen molar-refractivity contribution in [2.24, 2.45) is 16.9 Å². The van der Waals surface area contributed by atoms with Crippen molar-refractivity contribution >= 4 is 34.4 Å². The van der Waals surface area contributed by atoms with E-state index in [0.717, 1.165) is 25.7 Å². The summed E-state index contributed by atoms with van der Waals surface area (Å²) in [5.74, 6) is 1.78. The monoisotopic (exact) mass is 547 g/mol. The molecule has 3 aromatic rings. The van der Waals surface area contributed by atoms with Gasteiger partial charge in [0.15, 0.2) is 5.84 Å². The molecule has 202 valence electrons. The van der Waals surface area contributed by atoms with Crippen LogP contribution in [-0.4, -0.2) is 44.1 Å². The number of nitrogens with zero attached hydrogens (tertiary/aromatic N) is 6. The Morgan fingerprint density at radius 1 is 1.08 bits per heavy atom. The summed E-state index contributed by atoms with van der Waals surface area (Å²) in [7, 11) is 0. The van der Waals surface area contributed by atoms with E-state index in [1.165, 1.54) is 11.1 Å². The van der Waals surface area contributed by atoms with E-state index in [1.807, 2.05) is 4.57 Å². The van der Waals surface area contributed by atoms with Crippen molar-refractivity contribution in [1.82, 2.24) is 36.0 Å². The number of alkyl halides is 3. The lowest BCUT2D eigenvalue weighted by Crippen LogP contribution is -2.42. The zero-order valence-corrected chi connectivity index (χ0v) is 21.6. The van der Waals surface area contributed by atoms with Gasteiger partial charge in [0.2, 0.25) is 5.95 Å². The van der Waals surface area contributed by atoms with Crippen LogP contribution in [0.4, 0.5) is 19.1 Å². The standard InChI is InChI=1S/C25H29ClF3N9/c1-14-4-6-15(7-5-14)13-38-22-18(32-24(38)37-8-2-3-20(37)25(27,28)29)10-19(23-33-35-36-34-23)31-21(22)16-9-17(26)12-30-11-16/h9-12,14-15,20,35-36H,2-8,13H2,1H3,(H,33,34). The van der Waals surface area contributed by atoms with Crippen molar-refractivity contribution in [3.8, 4) is 11.3 Å². The number of rotatable bonds is 5. The average Bonchev–Trinajstić information content (AvgIpc) is 3.65. The van der Waals surface area contributed by atoms with E-state index in [0.29, 0.717) is 76.1 Å². The third-order valence-corrected chi connectivity index (χ3v) is 8.00. The zero-order valence-electron chi connectivity index (χ0n) is 20.9. The maximum atomic E-state index is 14.1. The molecule has 0 radical (unpaired) electrons. The number of nitrogens with one attached hydrogen (secondary N) is 3. The average molecular weight is 548 g/mol. The number of imidazole rings is 1. The molecule has 38 heavy (non-hydrogen) atoms. The molecule has 3 aromatic heterocycles. The Balaban J connectivity index is 1.56. The van der Waals surface area contributed by atoms with Crippen molar-refractivity contribution < 1.29 is 13.2 Å². The fraction of sp³-hybridized carbons (Fsp3) is 0.520. The molecule has 1 aliphatic carbocycles. The minimum absolute atomic E-state index is 0.0558. The molecule has 1 saturated carbocycles. The van der Waals surface area contributed by atoms with E-state index >= 15 is 0 Å². The van der Waals surface area contributed by atoms with Gasteiger partial charge in [0.25, 0.3) is 0 Å². The summed E-state index contributed by atoms with van der Waals surface area (Å²) in [6.45, 7) is 3.13. The van der Waals surface area contributed by atoms with E-state index in [9.17, 15) is 13.2 Å². The summed E-state index contributed by atoms with van der Waals surface area (Å²) in [5, 5.41) is 4.60. The molecule has 1 saturated heterocycles. The highest BCUT2D eigenvalue weighted by atomic mass is 35.5. The number of hydrogen-bond acceptors (Lipinski definition) is 8. The van der Waals surface area contributed by atoms with Gasteiger partial charge in [-0.1, -0.05) is 31.4 Å². The molecule has 13 heteroatoms. The normalized spacial score (nSPS) is 24.0. The van der Waals surface area contributed by atoms with Crippen LogP contribution in [0.2, 0.25) is 5.02 Å². The fourth-order valence-corrected chi connectivity index (χ4v) is 6.01. The molecule has 0 spiro atoms. The van der Waals surface area contributed by atoms with Gasteiger partial charge < -0.3 is 9.47 Å². The Kier molecular flexibility index (Phi) is 6.55. The first-order chi connectivity index (χ1) is 18.3. The van der Waals surface area contributed by atoms with E-state index in [-0.39, 0.29) is 6.42 Å². The largest absolute Gasteiger partial charge is 0.408 e. The van der Waals surface area contributed by atoms with E-state index in [2.05, 4.69) is 33.5 Å². The van der Waals surface area contributed by atoms with Gasteiger partial charge >= 0.3 is 6.18 Å².